The van der Waals surface area contributed by atoms with Gasteiger partial charge in [0.2, 0.25) is 0 Å². The summed E-state index contributed by atoms with van der Waals surface area (Å²) in [5.74, 6) is -0.420. The van der Waals surface area contributed by atoms with Crippen molar-refractivity contribution in [1.82, 2.24) is 15.1 Å². The highest BCUT2D eigenvalue weighted by Gasteiger charge is 2.28. The summed E-state index contributed by atoms with van der Waals surface area (Å²) in [7, 11) is 2.11. The van der Waals surface area contributed by atoms with Crippen molar-refractivity contribution >= 4 is 12.0 Å². The third-order valence-electron chi connectivity index (χ3n) is 4.71. The Hall–Kier alpha value is -1.30. The monoisotopic (exact) mass is 297 g/mol. The molecule has 1 aliphatic carbocycles. The highest BCUT2D eigenvalue weighted by atomic mass is 16.4. The van der Waals surface area contributed by atoms with Crippen molar-refractivity contribution in [2.45, 2.75) is 44.6 Å². The molecule has 2 fully saturated rings. The van der Waals surface area contributed by atoms with Crippen molar-refractivity contribution in [2.75, 3.05) is 33.2 Å². The Kier molecular flexibility index (Phi) is 5.85. The Balaban J connectivity index is 1.81. The number of amides is 2. The van der Waals surface area contributed by atoms with Crippen molar-refractivity contribution in [3.63, 3.8) is 0 Å². The third-order valence-corrected chi connectivity index (χ3v) is 4.71. The molecule has 1 aliphatic heterocycles. The second kappa shape index (κ2) is 7.64. The molecule has 0 atom stereocenters. The average Bonchev–Trinajstić information content (AvgIpc) is 2.97. The van der Waals surface area contributed by atoms with Gasteiger partial charge >= 0.3 is 12.0 Å². The van der Waals surface area contributed by atoms with Gasteiger partial charge in [-0.25, -0.2) is 4.79 Å². The maximum Gasteiger partial charge on any atom is 0.323 e. The molecule has 2 N–H and O–H groups in total. The zero-order valence-corrected chi connectivity index (χ0v) is 12.9. The van der Waals surface area contributed by atoms with E-state index in [2.05, 4.69) is 17.3 Å². The minimum atomic E-state index is -0.934. The number of rotatable bonds is 5. The van der Waals surface area contributed by atoms with E-state index in [1.54, 1.807) is 0 Å². The van der Waals surface area contributed by atoms with Crippen molar-refractivity contribution in [1.29, 1.82) is 0 Å². The summed E-state index contributed by atoms with van der Waals surface area (Å²) in [5, 5.41) is 12.0. The molecule has 0 spiro atoms. The number of carbonyl (C=O) groups excluding carboxylic acids is 1. The van der Waals surface area contributed by atoms with Gasteiger partial charge in [0.25, 0.3) is 0 Å². The average molecular weight is 297 g/mol. The van der Waals surface area contributed by atoms with Gasteiger partial charge in [0.15, 0.2) is 0 Å². The molecule has 21 heavy (non-hydrogen) atoms. The fraction of sp³-hybridized carbons (Fsp3) is 0.867. The fourth-order valence-corrected chi connectivity index (χ4v) is 3.33. The van der Waals surface area contributed by atoms with Gasteiger partial charge in [-0.05, 0) is 51.7 Å². The number of hydrogen-bond acceptors (Lipinski definition) is 3. The van der Waals surface area contributed by atoms with E-state index in [4.69, 9.17) is 5.11 Å². The Morgan fingerprint density at radius 1 is 1.19 bits per heavy atom. The molecule has 0 radical (unpaired) electrons. The van der Waals surface area contributed by atoms with E-state index in [1.807, 2.05) is 0 Å². The first-order valence-corrected chi connectivity index (χ1v) is 8.01. The van der Waals surface area contributed by atoms with Crippen LogP contribution < -0.4 is 5.32 Å². The normalized spacial score (nSPS) is 21.4. The lowest BCUT2D eigenvalue weighted by Gasteiger charge is -2.31. The van der Waals surface area contributed by atoms with Crippen LogP contribution in [0.2, 0.25) is 0 Å². The van der Waals surface area contributed by atoms with E-state index in [9.17, 15) is 9.59 Å². The quantitative estimate of drug-likeness (QED) is 0.804. The molecule has 0 aromatic heterocycles. The topological polar surface area (TPSA) is 72.9 Å². The zero-order valence-electron chi connectivity index (χ0n) is 12.9. The van der Waals surface area contributed by atoms with Gasteiger partial charge in [-0.15, -0.1) is 0 Å². The number of carboxylic acids is 1. The first-order valence-electron chi connectivity index (χ1n) is 8.01. The van der Waals surface area contributed by atoms with Gasteiger partial charge in [-0.2, -0.15) is 0 Å². The second-order valence-electron chi connectivity index (χ2n) is 6.39. The summed E-state index contributed by atoms with van der Waals surface area (Å²) in [4.78, 5) is 27.1. The molecule has 1 heterocycles. The number of urea groups is 1. The lowest BCUT2D eigenvalue weighted by atomic mass is 9.97. The Bertz CT molecular complexity index is 361. The molecule has 2 amide bonds. The number of carbonyl (C=O) groups is 2. The van der Waals surface area contributed by atoms with Crippen LogP contribution in [0.5, 0.6) is 0 Å². The van der Waals surface area contributed by atoms with Gasteiger partial charge in [0.1, 0.15) is 6.54 Å². The van der Waals surface area contributed by atoms with Crippen LogP contribution in [0.25, 0.3) is 0 Å². The maximum atomic E-state index is 12.3. The molecule has 6 nitrogen and oxygen atoms in total. The van der Waals surface area contributed by atoms with Crippen LogP contribution in [0, 0.1) is 5.92 Å². The van der Waals surface area contributed by atoms with E-state index >= 15 is 0 Å². The summed E-state index contributed by atoms with van der Waals surface area (Å²) in [6, 6.07) is -0.109. The van der Waals surface area contributed by atoms with Crippen LogP contribution in [-0.2, 0) is 4.79 Å². The van der Waals surface area contributed by atoms with Crippen molar-refractivity contribution in [3.8, 4) is 0 Å². The fourth-order valence-electron chi connectivity index (χ4n) is 3.33. The van der Waals surface area contributed by atoms with Gasteiger partial charge in [-0.3, -0.25) is 4.79 Å². The summed E-state index contributed by atoms with van der Waals surface area (Å²) >= 11 is 0. The molecule has 0 aromatic carbocycles. The largest absolute Gasteiger partial charge is 0.480 e. The summed E-state index contributed by atoms with van der Waals surface area (Å²) in [6.07, 6.45) is 6.22. The summed E-state index contributed by atoms with van der Waals surface area (Å²) < 4.78 is 0. The molecule has 1 saturated carbocycles. The molecule has 0 unspecified atom stereocenters. The van der Waals surface area contributed by atoms with Crippen LogP contribution in [0.3, 0.4) is 0 Å². The lowest BCUT2D eigenvalue weighted by molar-refractivity contribution is -0.138. The minimum Gasteiger partial charge on any atom is -0.480 e. The van der Waals surface area contributed by atoms with Crippen LogP contribution in [0.1, 0.15) is 38.5 Å². The molecule has 6 heteroatoms. The van der Waals surface area contributed by atoms with E-state index in [1.165, 1.54) is 4.90 Å². The molecule has 2 aliphatic rings. The predicted octanol–water partition coefficient (Wildman–Crippen LogP) is 1.37. The number of carboxylic acid groups (broad SMARTS) is 1. The molecule has 0 aromatic rings. The smallest absolute Gasteiger partial charge is 0.323 e. The highest BCUT2D eigenvalue weighted by molar-refractivity contribution is 5.80. The highest BCUT2D eigenvalue weighted by Crippen LogP contribution is 2.23. The lowest BCUT2D eigenvalue weighted by Crippen LogP contribution is -2.49. The number of likely N-dealkylation sites (tertiary alicyclic amines) is 1. The molecular formula is C15H27N3O3. The SMILES string of the molecule is CN1CCC(CNC(=O)N(CC(=O)O)C2CCCC2)CC1. The number of hydrogen-bond donors (Lipinski definition) is 2. The Morgan fingerprint density at radius 2 is 1.81 bits per heavy atom. The first kappa shape index (κ1) is 16.1. The Morgan fingerprint density at radius 3 is 2.38 bits per heavy atom. The zero-order chi connectivity index (χ0) is 15.2. The van der Waals surface area contributed by atoms with Crippen LogP contribution in [0.15, 0.2) is 0 Å². The van der Waals surface area contributed by atoms with Gasteiger partial charge in [-0.1, -0.05) is 12.8 Å². The Labute approximate surface area is 126 Å². The standard InChI is InChI=1S/C15H27N3O3/c1-17-8-6-12(7-9-17)10-16-15(21)18(11-14(19)20)13-4-2-3-5-13/h12-13H,2-11H2,1H3,(H,16,21)(H,19,20). The first-order chi connectivity index (χ1) is 10.1. The van der Waals surface area contributed by atoms with Crippen LogP contribution in [-0.4, -0.2) is 66.2 Å². The van der Waals surface area contributed by atoms with E-state index in [0.717, 1.165) is 51.6 Å². The predicted molar refractivity (Wildman–Crippen MR) is 80.2 cm³/mol. The van der Waals surface area contributed by atoms with Crippen LogP contribution in [0.4, 0.5) is 4.79 Å². The van der Waals surface area contributed by atoms with Gasteiger partial charge in [0.05, 0.1) is 0 Å². The van der Waals surface area contributed by atoms with E-state index < -0.39 is 5.97 Å². The van der Waals surface area contributed by atoms with Crippen molar-refractivity contribution < 1.29 is 14.7 Å². The molecule has 0 bridgehead atoms. The van der Waals surface area contributed by atoms with Crippen molar-refractivity contribution in [2.24, 2.45) is 5.92 Å². The second-order valence-corrected chi connectivity index (χ2v) is 6.39. The molecule has 2 rings (SSSR count). The number of piperidine rings is 1. The van der Waals surface area contributed by atoms with E-state index in [0.29, 0.717) is 12.5 Å². The maximum absolute atomic E-state index is 12.3. The van der Waals surface area contributed by atoms with Gasteiger partial charge in [0, 0.05) is 12.6 Å². The molecular weight excluding hydrogens is 270 g/mol. The third kappa shape index (κ3) is 4.88. The number of aliphatic carboxylic acids is 1. The molecule has 120 valence electrons. The van der Waals surface area contributed by atoms with E-state index in [-0.39, 0.29) is 18.6 Å². The summed E-state index contributed by atoms with van der Waals surface area (Å²) in [6.45, 7) is 2.61. The number of nitrogens with zero attached hydrogens (tertiary/aromatic N) is 2. The summed E-state index contributed by atoms with van der Waals surface area (Å²) in [5.41, 5.74) is 0. The van der Waals surface area contributed by atoms with Crippen molar-refractivity contribution in [3.05, 3.63) is 0 Å². The van der Waals surface area contributed by atoms with Crippen LogP contribution >= 0.6 is 0 Å². The number of nitrogens with one attached hydrogen (secondary N) is 1. The van der Waals surface area contributed by atoms with Gasteiger partial charge < -0.3 is 20.2 Å². The molecule has 1 saturated heterocycles. The minimum absolute atomic E-state index is 0.0959.